The van der Waals surface area contributed by atoms with E-state index in [4.69, 9.17) is 18.5 Å². The topological polar surface area (TPSA) is 245 Å². The van der Waals surface area contributed by atoms with Crippen LogP contribution in [0.4, 0.5) is 0 Å². The molecule has 8 atom stereocenters. The van der Waals surface area contributed by atoms with Crippen molar-refractivity contribution in [2.45, 2.75) is 50.5 Å². The molecule has 0 amide bonds. The third kappa shape index (κ3) is 8.97. The second-order valence-corrected chi connectivity index (χ2v) is 9.33. The largest absolute Gasteiger partial charge is 0.695 e. The molecule has 0 radical (unpaired) electrons. The van der Waals surface area contributed by atoms with Gasteiger partial charge >= 0.3 is 32.2 Å². The molecule has 0 saturated heterocycles. The van der Waals surface area contributed by atoms with Crippen LogP contribution in [0.1, 0.15) is 13.8 Å². The molecule has 0 aliphatic heterocycles. The second-order valence-electron chi connectivity index (χ2n) is 5.58. The zero-order valence-electron chi connectivity index (χ0n) is 15.4. The van der Waals surface area contributed by atoms with E-state index in [1.165, 1.54) is 13.8 Å². The average molecular weight is 522 g/mol. The molecule has 6 N–H and O–H groups in total. The van der Waals surface area contributed by atoms with Crippen LogP contribution in [-0.4, -0.2) is 79.2 Å². The maximum absolute atomic E-state index is 11.5. The predicted octanol–water partition coefficient (Wildman–Crippen LogP) is -0.164. The van der Waals surface area contributed by atoms with Crippen molar-refractivity contribution in [1.82, 2.24) is 0 Å². The van der Waals surface area contributed by atoms with Crippen LogP contribution in [0.5, 0.6) is 0 Å². The summed E-state index contributed by atoms with van der Waals surface area (Å²) in [5, 5.41) is 0. The van der Waals surface area contributed by atoms with Gasteiger partial charge in [0.25, 0.3) is 0 Å². The Kier molecular flexibility index (Phi) is 11.2. The van der Waals surface area contributed by atoms with Gasteiger partial charge in [0.1, 0.15) is 24.4 Å². The highest BCUT2D eigenvalue weighted by molar-refractivity contribution is 7.46. The lowest BCUT2D eigenvalue weighted by Crippen LogP contribution is -2.66. The summed E-state index contributed by atoms with van der Waals surface area (Å²) in [4.78, 5) is 55.3. The molecule has 0 aromatic rings. The van der Waals surface area contributed by atoms with Crippen LogP contribution in [0.15, 0.2) is 0 Å². The summed E-state index contributed by atoms with van der Waals surface area (Å²) in [5.41, 5.74) is 0. The van der Waals surface area contributed by atoms with Gasteiger partial charge in [-0.3, -0.25) is 9.05 Å². The van der Waals surface area contributed by atoms with Gasteiger partial charge < -0.3 is 29.0 Å². The minimum atomic E-state index is -5.36. The van der Waals surface area contributed by atoms with Crippen molar-refractivity contribution in [3.05, 3.63) is 0 Å². The number of hydrogen-bond acceptors (Lipinski definition) is 10. The fourth-order valence-corrected chi connectivity index (χ4v) is 4.90. The standard InChI is InChI=1S/C10H20O16P4/c1-3-21-5-7(23-27(11)12)8(24-28(13)14)6(22-4-2)10(26-30(18,19)20)9(5)25-29(15,16)17/h5-10H,3-4H2,1-2H3,(H4-2,11,12,13,14,15,16,17,18,19,20)/p+2/t5-,6+,7-,8-,9+,10+/m0/s1. The summed E-state index contributed by atoms with van der Waals surface area (Å²) >= 11 is 0. The lowest BCUT2D eigenvalue weighted by Gasteiger charge is -2.45. The Labute approximate surface area is 171 Å². The van der Waals surface area contributed by atoms with Crippen molar-refractivity contribution in [3.63, 3.8) is 0 Å². The molecule has 16 nitrogen and oxygen atoms in total. The number of ether oxygens (including phenoxy) is 2. The van der Waals surface area contributed by atoms with Gasteiger partial charge in [0.05, 0.1) is 0 Å². The molecule has 0 heterocycles. The minimum Gasteiger partial charge on any atom is -0.373 e. The van der Waals surface area contributed by atoms with E-state index in [2.05, 4.69) is 9.05 Å². The maximum Gasteiger partial charge on any atom is 0.695 e. The highest BCUT2D eigenvalue weighted by Crippen LogP contribution is 2.50. The fraction of sp³-hybridized carbons (Fsp3) is 1.00. The third-order valence-corrected chi connectivity index (χ3v) is 5.49. The van der Waals surface area contributed by atoms with Gasteiger partial charge in [-0.15, -0.1) is 18.8 Å². The minimum absolute atomic E-state index is 0.215. The van der Waals surface area contributed by atoms with Crippen LogP contribution < -0.4 is 0 Å². The Morgan fingerprint density at radius 2 is 0.967 bits per heavy atom. The Balaban J connectivity index is 3.64. The van der Waals surface area contributed by atoms with Gasteiger partial charge in [0, 0.05) is 22.3 Å². The van der Waals surface area contributed by atoms with E-state index in [0.717, 1.165) is 0 Å². The first-order chi connectivity index (χ1) is 13.7. The molecule has 1 rings (SSSR count). The molecule has 0 bridgehead atoms. The fourth-order valence-electron chi connectivity index (χ4n) is 2.89. The first-order valence-electron chi connectivity index (χ1n) is 8.07. The average Bonchev–Trinajstić information content (AvgIpc) is 2.54. The molecule has 2 unspecified atom stereocenters. The normalized spacial score (nSPS) is 31.5. The molecule has 0 aromatic heterocycles. The first kappa shape index (κ1) is 28.2. The quantitative estimate of drug-likeness (QED) is 0.182. The summed E-state index contributed by atoms with van der Waals surface area (Å²) in [7, 11) is -17.6. The molecule has 0 aromatic carbocycles. The molecule has 1 fully saturated rings. The van der Waals surface area contributed by atoms with Crippen LogP contribution in [0.3, 0.4) is 0 Å². The number of phosphoric ester groups is 2. The van der Waals surface area contributed by atoms with Crippen LogP contribution in [0.25, 0.3) is 0 Å². The van der Waals surface area contributed by atoms with Crippen molar-refractivity contribution in [3.8, 4) is 0 Å². The van der Waals surface area contributed by atoms with E-state index in [-0.39, 0.29) is 13.2 Å². The number of phosphoric acid groups is 2. The van der Waals surface area contributed by atoms with Crippen molar-refractivity contribution in [2.75, 3.05) is 13.2 Å². The maximum atomic E-state index is 11.5. The van der Waals surface area contributed by atoms with Gasteiger partial charge in [-0.25, -0.2) is 9.13 Å². The Hall–Kier alpha value is 0.180. The van der Waals surface area contributed by atoms with Crippen LogP contribution in [0.2, 0.25) is 0 Å². The Morgan fingerprint density at radius 3 is 1.17 bits per heavy atom. The summed E-state index contributed by atoms with van der Waals surface area (Å²) < 4.78 is 74.8. The third-order valence-electron chi connectivity index (χ3n) is 3.60. The van der Waals surface area contributed by atoms with E-state index < -0.39 is 68.8 Å². The van der Waals surface area contributed by atoms with E-state index in [0.29, 0.717) is 0 Å². The van der Waals surface area contributed by atoms with E-state index >= 15 is 0 Å². The lowest BCUT2D eigenvalue weighted by atomic mass is 9.84. The summed E-state index contributed by atoms with van der Waals surface area (Å²) in [5.74, 6) is 0. The lowest BCUT2D eigenvalue weighted by molar-refractivity contribution is -0.226. The highest BCUT2D eigenvalue weighted by atomic mass is 31.2. The number of rotatable bonds is 12. The van der Waals surface area contributed by atoms with Gasteiger partial charge in [-0.05, 0) is 13.8 Å². The van der Waals surface area contributed by atoms with Crippen LogP contribution >= 0.6 is 32.2 Å². The molecule has 20 heteroatoms. The molecule has 1 saturated carbocycles. The zero-order chi connectivity index (χ0) is 23.3. The van der Waals surface area contributed by atoms with Crippen LogP contribution in [0, 0.1) is 0 Å². The van der Waals surface area contributed by atoms with Crippen molar-refractivity contribution in [1.29, 1.82) is 0 Å². The van der Waals surface area contributed by atoms with Gasteiger partial charge in [-0.1, -0.05) is 0 Å². The van der Waals surface area contributed by atoms with Crippen molar-refractivity contribution in [2.24, 2.45) is 0 Å². The molecular weight excluding hydrogens is 500 g/mol. The first-order valence-corrected chi connectivity index (χ1v) is 13.4. The van der Waals surface area contributed by atoms with E-state index in [1.54, 1.807) is 0 Å². The Morgan fingerprint density at radius 1 is 0.667 bits per heavy atom. The predicted molar refractivity (Wildman–Crippen MR) is 94.1 cm³/mol. The van der Waals surface area contributed by atoms with Crippen LogP contribution in [-0.2, 0) is 45.8 Å². The molecule has 176 valence electrons. The smallest absolute Gasteiger partial charge is 0.373 e. The molecular formula is C10H22O16P4+2. The molecule has 1 aliphatic rings. The van der Waals surface area contributed by atoms with Gasteiger partial charge in [0.15, 0.2) is 12.2 Å². The SMILES string of the molecule is CCO[C@@H]1[C@H](O[P+](=O)O)[C@@H](O[P+](=O)O)[C@H](OCC)[C@@H](OP(=O)(O)O)[C@@H]1OP(=O)(O)O. The summed E-state index contributed by atoms with van der Waals surface area (Å²) in [6, 6.07) is 0. The second kappa shape index (κ2) is 11.9. The Bertz CT molecular complexity index is 632. The van der Waals surface area contributed by atoms with E-state index in [9.17, 15) is 47.6 Å². The van der Waals surface area contributed by atoms with Crippen molar-refractivity contribution < 1.29 is 75.2 Å². The van der Waals surface area contributed by atoms with Gasteiger partial charge in [-0.2, -0.15) is 0 Å². The molecule has 30 heavy (non-hydrogen) atoms. The summed E-state index contributed by atoms with van der Waals surface area (Å²) in [6.45, 7) is 2.38. The summed E-state index contributed by atoms with van der Waals surface area (Å²) in [6.07, 6.45) is -11.2. The zero-order valence-corrected chi connectivity index (χ0v) is 19.0. The monoisotopic (exact) mass is 522 g/mol. The molecule has 1 aliphatic carbocycles. The number of hydrogen-bond donors (Lipinski definition) is 6. The molecule has 0 spiro atoms. The van der Waals surface area contributed by atoms with E-state index in [1.807, 2.05) is 0 Å². The van der Waals surface area contributed by atoms with Gasteiger partial charge in [0.2, 0.25) is 0 Å². The van der Waals surface area contributed by atoms with Crippen molar-refractivity contribution >= 4 is 32.2 Å². The highest BCUT2D eigenvalue weighted by Gasteiger charge is 2.62.